The van der Waals surface area contributed by atoms with E-state index >= 15 is 0 Å². The lowest BCUT2D eigenvalue weighted by Crippen LogP contribution is -2.29. The van der Waals surface area contributed by atoms with Gasteiger partial charge in [-0.25, -0.2) is 4.79 Å². The second-order valence-electron chi connectivity index (χ2n) is 3.51. The Kier molecular flexibility index (Phi) is 5.25. The number of rotatable bonds is 6. The molecule has 0 aliphatic carbocycles. The van der Waals surface area contributed by atoms with Crippen molar-refractivity contribution < 1.29 is 14.7 Å². The SMILES string of the molecule is C#CCCCNC(=O)Nc1cnn(CC(=O)O)c1. The van der Waals surface area contributed by atoms with Gasteiger partial charge in [0.15, 0.2) is 0 Å². The summed E-state index contributed by atoms with van der Waals surface area (Å²) in [4.78, 5) is 21.8. The van der Waals surface area contributed by atoms with Crippen LogP contribution in [-0.2, 0) is 11.3 Å². The number of nitrogens with one attached hydrogen (secondary N) is 2. The van der Waals surface area contributed by atoms with Crippen molar-refractivity contribution in [2.45, 2.75) is 19.4 Å². The Morgan fingerprint density at radius 3 is 3.00 bits per heavy atom. The average Bonchev–Trinajstić information content (AvgIpc) is 2.71. The van der Waals surface area contributed by atoms with Gasteiger partial charge in [0.1, 0.15) is 6.54 Å². The highest BCUT2D eigenvalue weighted by Crippen LogP contribution is 2.04. The van der Waals surface area contributed by atoms with Crippen LogP contribution in [0.2, 0.25) is 0 Å². The van der Waals surface area contributed by atoms with Crippen molar-refractivity contribution in [1.82, 2.24) is 15.1 Å². The molecule has 18 heavy (non-hydrogen) atoms. The smallest absolute Gasteiger partial charge is 0.325 e. The number of terminal acetylenes is 1. The Morgan fingerprint density at radius 1 is 1.56 bits per heavy atom. The van der Waals surface area contributed by atoms with E-state index in [1.54, 1.807) is 0 Å². The molecule has 1 rings (SSSR count). The van der Waals surface area contributed by atoms with Gasteiger partial charge in [0.25, 0.3) is 0 Å². The van der Waals surface area contributed by atoms with Crippen LogP contribution >= 0.6 is 0 Å². The first-order chi connectivity index (χ1) is 8.61. The van der Waals surface area contributed by atoms with Crippen LogP contribution in [0.15, 0.2) is 12.4 Å². The number of carboxylic acid groups (broad SMARTS) is 1. The second-order valence-corrected chi connectivity index (χ2v) is 3.51. The fraction of sp³-hybridized carbons (Fsp3) is 0.364. The molecule has 1 heterocycles. The summed E-state index contributed by atoms with van der Waals surface area (Å²) in [7, 11) is 0. The van der Waals surface area contributed by atoms with Crippen molar-refractivity contribution in [2.24, 2.45) is 0 Å². The number of aromatic nitrogens is 2. The van der Waals surface area contributed by atoms with E-state index in [9.17, 15) is 9.59 Å². The highest BCUT2D eigenvalue weighted by molar-refractivity contribution is 5.88. The highest BCUT2D eigenvalue weighted by atomic mass is 16.4. The van der Waals surface area contributed by atoms with E-state index in [1.807, 2.05) is 0 Å². The van der Waals surface area contributed by atoms with E-state index in [1.165, 1.54) is 17.1 Å². The molecule has 7 nitrogen and oxygen atoms in total. The zero-order valence-electron chi connectivity index (χ0n) is 9.72. The van der Waals surface area contributed by atoms with Gasteiger partial charge in [0, 0.05) is 19.2 Å². The van der Waals surface area contributed by atoms with Crippen molar-refractivity contribution in [3.63, 3.8) is 0 Å². The van der Waals surface area contributed by atoms with Crippen LogP contribution in [-0.4, -0.2) is 33.4 Å². The van der Waals surface area contributed by atoms with Crippen LogP contribution in [0.3, 0.4) is 0 Å². The van der Waals surface area contributed by atoms with Crippen molar-refractivity contribution in [3.05, 3.63) is 12.4 Å². The Labute approximate surface area is 104 Å². The number of carbonyl (C=O) groups excluding carboxylic acids is 1. The quantitative estimate of drug-likeness (QED) is 0.506. The van der Waals surface area contributed by atoms with Crippen molar-refractivity contribution in [2.75, 3.05) is 11.9 Å². The monoisotopic (exact) mass is 250 g/mol. The maximum absolute atomic E-state index is 11.4. The molecule has 0 saturated heterocycles. The largest absolute Gasteiger partial charge is 0.480 e. The van der Waals surface area contributed by atoms with Crippen LogP contribution in [0.5, 0.6) is 0 Å². The topological polar surface area (TPSA) is 96.3 Å². The zero-order valence-corrected chi connectivity index (χ0v) is 9.72. The number of carboxylic acids is 1. The van der Waals surface area contributed by atoms with Gasteiger partial charge >= 0.3 is 12.0 Å². The Balaban J connectivity index is 2.33. The van der Waals surface area contributed by atoms with Crippen LogP contribution in [0, 0.1) is 12.3 Å². The number of anilines is 1. The maximum Gasteiger partial charge on any atom is 0.325 e. The number of amides is 2. The standard InChI is InChI=1S/C11H14N4O3/c1-2-3-4-5-12-11(18)14-9-6-13-15(7-9)8-10(16)17/h1,6-7H,3-5,8H2,(H,16,17)(H2,12,14,18). The van der Waals surface area contributed by atoms with Crippen molar-refractivity contribution >= 4 is 17.7 Å². The van der Waals surface area contributed by atoms with E-state index in [-0.39, 0.29) is 12.6 Å². The maximum atomic E-state index is 11.4. The van der Waals surface area contributed by atoms with Gasteiger partial charge < -0.3 is 15.7 Å². The molecule has 1 aromatic rings. The summed E-state index contributed by atoms with van der Waals surface area (Å²) in [6, 6.07) is -0.373. The third-order valence-corrected chi connectivity index (χ3v) is 1.97. The molecule has 0 bridgehead atoms. The molecule has 0 saturated carbocycles. The van der Waals surface area contributed by atoms with Crippen LogP contribution in [0.4, 0.5) is 10.5 Å². The van der Waals surface area contributed by atoms with E-state index in [0.717, 1.165) is 0 Å². The summed E-state index contributed by atoms with van der Waals surface area (Å²) < 4.78 is 1.22. The van der Waals surface area contributed by atoms with Gasteiger partial charge in [-0.15, -0.1) is 12.3 Å². The lowest BCUT2D eigenvalue weighted by Gasteiger charge is -2.04. The first-order valence-corrected chi connectivity index (χ1v) is 5.34. The summed E-state index contributed by atoms with van der Waals surface area (Å²) in [5.41, 5.74) is 0.436. The molecule has 0 atom stereocenters. The summed E-state index contributed by atoms with van der Waals surface area (Å²) >= 11 is 0. The number of nitrogens with zero attached hydrogens (tertiary/aromatic N) is 2. The Hall–Kier alpha value is -2.49. The first-order valence-electron chi connectivity index (χ1n) is 5.34. The summed E-state index contributed by atoms with van der Waals surface area (Å²) in [5.74, 6) is 1.48. The number of urea groups is 1. The van der Waals surface area contributed by atoms with Gasteiger partial charge in [-0.05, 0) is 6.42 Å². The van der Waals surface area contributed by atoms with Crippen molar-refractivity contribution in [1.29, 1.82) is 0 Å². The molecule has 96 valence electrons. The minimum absolute atomic E-state index is 0.245. The summed E-state index contributed by atoms with van der Waals surface area (Å²) in [6.45, 7) is 0.241. The predicted octanol–water partition coefficient (Wildman–Crippen LogP) is 0.503. The molecular weight excluding hydrogens is 236 g/mol. The average molecular weight is 250 g/mol. The second kappa shape index (κ2) is 6.96. The lowest BCUT2D eigenvalue weighted by atomic mass is 10.3. The minimum atomic E-state index is -0.997. The van der Waals surface area contributed by atoms with Crippen LogP contribution in [0.25, 0.3) is 0 Å². The number of carbonyl (C=O) groups is 2. The van der Waals surface area contributed by atoms with E-state index < -0.39 is 5.97 Å². The van der Waals surface area contributed by atoms with Crippen LogP contribution < -0.4 is 10.6 Å². The molecule has 0 unspecified atom stereocenters. The van der Waals surface area contributed by atoms with Gasteiger partial charge in [0.05, 0.1) is 11.9 Å². The fourth-order valence-corrected chi connectivity index (χ4v) is 1.22. The Bertz CT molecular complexity index is 461. The highest BCUT2D eigenvalue weighted by Gasteiger charge is 2.05. The number of unbranched alkanes of at least 4 members (excludes halogenated alkanes) is 1. The summed E-state index contributed by atoms with van der Waals surface area (Å²) in [6.07, 6.45) is 9.21. The molecular formula is C11H14N4O3. The molecule has 3 N–H and O–H groups in total. The summed E-state index contributed by atoms with van der Waals surface area (Å²) in [5, 5.41) is 17.5. The number of hydrogen-bond donors (Lipinski definition) is 3. The molecule has 0 aliphatic heterocycles. The molecule has 0 aliphatic rings. The third kappa shape index (κ3) is 5.03. The molecule has 7 heteroatoms. The molecule has 0 aromatic carbocycles. The van der Waals surface area contributed by atoms with E-state index in [2.05, 4.69) is 21.7 Å². The van der Waals surface area contributed by atoms with Gasteiger partial charge in [-0.1, -0.05) is 0 Å². The molecule has 1 aromatic heterocycles. The van der Waals surface area contributed by atoms with Crippen LogP contribution in [0.1, 0.15) is 12.8 Å². The lowest BCUT2D eigenvalue weighted by molar-refractivity contribution is -0.137. The molecule has 0 radical (unpaired) electrons. The number of aliphatic carboxylic acids is 1. The zero-order chi connectivity index (χ0) is 13.4. The van der Waals surface area contributed by atoms with Gasteiger partial charge in [-0.2, -0.15) is 5.10 Å². The fourth-order valence-electron chi connectivity index (χ4n) is 1.22. The molecule has 2 amide bonds. The van der Waals surface area contributed by atoms with Crippen molar-refractivity contribution in [3.8, 4) is 12.3 Å². The molecule has 0 spiro atoms. The minimum Gasteiger partial charge on any atom is -0.480 e. The third-order valence-electron chi connectivity index (χ3n) is 1.97. The molecule has 0 fully saturated rings. The number of hydrogen-bond acceptors (Lipinski definition) is 3. The van der Waals surface area contributed by atoms with E-state index in [4.69, 9.17) is 11.5 Å². The predicted molar refractivity (Wildman–Crippen MR) is 65.0 cm³/mol. The van der Waals surface area contributed by atoms with Gasteiger partial charge in [-0.3, -0.25) is 9.48 Å². The Morgan fingerprint density at radius 2 is 2.33 bits per heavy atom. The van der Waals surface area contributed by atoms with E-state index in [0.29, 0.717) is 25.1 Å². The first kappa shape index (κ1) is 13.6. The van der Waals surface area contributed by atoms with Gasteiger partial charge in [0.2, 0.25) is 0 Å². The normalized spacial score (nSPS) is 9.50.